The average Bonchev–Trinajstić information content (AvgIpc) is 2.66. The van der Waals surface area contributed by atoms with Crippen LogP contribution in [0.15, 0.2) is 72.0 Å². The van der Waals surface area contributed by atoms with Gasteiger partial charge in [0.25, 0.3) is 0 Å². The maximum atomic E-state index is 13.0. The fraction of sp³-hybridized carbons (Fsp3) is 0.292. The van der Waals surface area contributed by atoms with Gasteiger partial charge in [-0.1, -0.05) is 81.4 Å². The van der Waals surface area contributed by atoms with Crippen LogP contribution >= 0.6 is 0 Å². The highest BCUT2D eigenvalue weighted by Gasteiger charge is 2.31. The predicted molar refractivity (Wildman–Crippen MR) is 107 cm³/mol. The molecule has 2 nitrogen and oxygen atoms in total. The lowest BCUT2D eigenvalue weighted by Crippen LogP contribution is -2.26. The molecule has 0 N–H and O–H groups in total. The molecule has 1 aliphatic rings. The Morgan fingerprint density at radius 2 is 1.58 bits per heavy atom. The van der Waals surface area contributed by atoms with Gasteiger partial charge in [0.05, 0.1) is 6.61 Å². The van der Waals surface area contributed by atoms with Crippen LogP contribution in [-0.2, 0) is 9.53 Å². The molecule has 0 fully saturated rings. The van der Waals surface area contributed by atoms with Crippen molar-refractivity contribution in [3.05, 3.63) is 83.1 Å². The van der Waals surface area contributed by atoms with Crippen molar-refractivity contribution in [3.63, 3.8) is 0 Å². The molecular formula is C24H26O2. The van der Waals surface area contributed by atoms with E-state index in [9.17, 15) is 4.79 Å². The molecule has 2 heteroatoms. The minimum atomic E-state index is -0.466. The van der Waals surface area contributed by atoms with Gasteiger partial charge in [-0.05, 0) is 35.6 Å². The molecule has 0 amide bonds. The van der Waals surface area contributed by atoms with E-state index in [-0.39, 0.29) is 5.78 Å². The van der Waals surface area contributed by atoms with E-state index >= 15 is 0 Å². The molecule has 0 spiro atoms. The highest BCUT2D eigenvalue weighted by Crippen LogP contribution is 2.36. The topological polar surface area (TPSA) is 26.3 Å². The molecule has 0 aromatic heterocycles. The minimum absolute atomic E-state index is 0.0714. The first kappa shape index (κ1) is 18.2. The van der Waals surface area contributed by atoms with Crippen LogP contribution in [0.4, 0.5) is 0 Å². The lowest BCUT2D eigenvalue weighted by molar-refractivity contribution is -0.126. The third-order valence-electron chi connectivity index (χ3n) is 4.50. The molecule has 0 saturated carbocycles. The molecule has 26 heavy (non-hydrogen) atoms. The fourth-order valence-corrected chi connectivity index (χ4v) is 3.10. The summed E-state index contributed by atoms with van der Waals surface area (Å²) < 4.78 is 5.91. The van der Waals surface area contributed by atoms with Crippen LogP contribution in [0.1, 0.15) is 44.7 Å². The van der Waals surface area contributed by atoms with Gasteiger partial charge in [-0.3, -0.25) is 4.79 Å². The summed E-state index contributed by atoms with van der Waals surface area (Å²) in [7, 11) is 0. The van der Waals surface area contributed by atoms with Crippen molar-refractivity contribution in [3.8, 4) is 0 Å². The third-order valence-corrected chi connectivity index (χ3v) is 4.50. The molecule has 1 aliphatic heterocycles. The number of carbonyl (C=O) groups is 1. The van der Waals surface area contributed by atoms with Crippen LogP contribution in [0.25, 0.3) is 11.6 Å². The van der Waals surface area contributed by atoms with E-state index in [0.29, 0.717) is 12.4 Å². The number of allylic oxidation sites excluding steroid dienone is 3. The lowest BCUT2D eigenvalue weighted by atomic mass is 9.83. The molecule has 2 aromatic carbocycles. The van der Waals surface area contributed by atoms with E-state index in [4.69, 9.17) is 4.74 Å². The van der Waals surface area contributed by atoms with E-state index < -0.39 is 5.41 Å². The molecule has 0 atom stereocenters. The number of ether oxygens (including phenoxy) is 1. The first-order valence-electron chi connectivity index (χ1n) is 9.20. The zero-order valence-electron chi connectivity index (χ0n) is 15.8. The minimum Gasteiger partial charge on any atom is -0.490 e. The summed E-state index contributed by atoms with van der Waals surface area (Å²) in [6.45, 7) is 6.44. The highest BCUT2D eigenvalue weighted by atomic mass is 16.5. The van der Waals surface area contributed by atoms with E-state index in [0.717, 1.165) is 35.1 Å². The Labute approximate surface area is 156 Å². The number of hydrogen-bond acceptors (Lipinski definition) is 2. The third kappa shape index (κ3) is 4.13. The van der Waals surface area contributed by atoms with Crippen LogP contribution in [0.2, 0.25) is 0 Å². The zero-order chi connectivity index (χ0) is 18.6. The first-order chi connectivity index (χ1) is 12.5. The summed E-state index contributed by atoms with van der Waals surface area (Å²) in [4.78, 5) is 13.0. The molecule has 2 aromatic rings. The SMILES string of the molecule is CC(C)(C)C(=O)C1=C(/C(=C/c2ccccc2)c2ccccc2)CCCO1. The Hall–Kier alpha value is -2.61. The normalized spacial score (nSPS) is 15.6. The quantitative estimate of drug-likeness (QED) is 0.644. The van der Waals surface area contributed by atoms with Crippen molar-refractivity contribution in [1.29, 1.82) is 0 Å². The van der Waals surface area contributed by atoms with Gasteiger partial charge in [0, 0.05) is 11.0 Å². The number of hydrogen-bond donors (Lipinski definition) is 0. The summed E-state index contributed by atoms with van der Waals surface area (Å²) in [6.07, 6.45) is 3.94. The van der Waals surface area contributed by atoms with Gasteiger partial charge >= 0.3 is 0 Å². The summed E-state index contributed by atoms with van der Waals surface area (Å²) in [5.41, 5.74) is 3.85. The van der Waals surface area contributed by atoms with Gasteiger partial charge in [-0.2, -0.15) is 0 Å². The van der Waals surface area contributed by atoms with Crippen LogP contribution in [0.3, 0.4) is 0 Å². The van der Waals surface area contributed by atoms with Gasteiger partial charge in [-0.25, -0.2) is 0 Å². The molecule has 134 valence electrons. The molecule has 0 unspecified atom stereocenters. The van der Waals surface area contributed by atoms with Crippen molar-refractivity contribution < 1.29 is 9.53 Å². The summed E-state index contributed by atoms with van der Waals surface area (Å²) in [5.74, 6) is 0.608. The maximum Gasteiger partial charge on any atom is 0.202 e. The van der Waals surface area contributed by atoms with E-state index in [1.54, 1.807) is 0 Å². The fourth-order valence-electron chi connectivity index (χ4n) is 3.10. The second kappa shape index (κ2) is 7.74. The Balaban J connectivity index is 2.18. The Bertz CT molecular complexity index is 822. The Kier molecular flexibility index (Phi) is 5.41. The number of rotatable bonds is 4. The van der Waals surface area contributed by atoms with Crippen molar-refractivity contribution in [2.24, 2.45) is 5.41 Å². The average molecular weight is 346 g/mol. The second-order valence-corrected chi connectivity index (χ2v) is 7.67. The van der Waals surface area contributed by atoms with E-state index in [1.807, 2.05) is 57.2 Å². The molecule has 0 saturated heterocycles. The van der Waals surface area contributed by atoms with Crippen LogP contribution < -0.4 is 0 Å². The van der Waals surface area contributed by atoms with Gasteiger partial charge in [0.2, 0.25) is 5.78 Å². The second-order valence-electron chi connectivity index (χ2n) is 7.67. The smallest absolute Gasteiger partial charge is 0.202 e. The van der Waals surface area contributed by atoms with Crippen molar-refractivity contribution >= 4 is 17.4 Å². The Morgan fingerprint density at radius 3 is 2.19 bits per heavy atom. The lowest BCUT2D eigenvalue weighted by Gasteiger charge is -2.27. The largest absolute Gasteiger partial charge is 0.490 e. The number of Topliss-reactive ketones (excluding diaryl/α,β-unsaturated/α-hetero) is 1. The van der Waals surface area contributed by atoms with Gasteiger partial charge in [-0.15, -0.1) is 0 Å². The Morgan fingerprint density at radius 1 is 0.962 bits per heavy atom. The standard InChI is InChI=1S/C24H26O2/c1-24(2,3)23(25)22-20(15-10-16-26-22)21(19-13-8-5-9-14-19)17-18-11-6-4-7-12-18/h4-9,11-14,17H,10,15-16H2,1-3H3/b21-17+. The van der Waals surface area contributed by atoms with E-state index in [1.165, 1.54) is 0 Å². The number of carbonyl (C=O) groups excluding carboxylic acids is 1. The van der Waals surface area contributed by atoms with Crippen LogP contribution in [0.5, 0.6) is 0 Å². The van der Waals surface area contributed by atoms with Crippen molar-refractivity contribution in [2.75, 3.05) is 6.61 Å². The predicted octanol–water partition coefficient (Wildman–Crippen LogP) is 5.91. The van der Waals surface area contributed by atoms with Gasteiger partial charge < -0.3 is 4.74 Å². The molecule has 0 radical (unpaired) electrons. The van der Waals surface area contributed by atoms with Gasteiger partial charge in [0.1, 0.15) is 0 Å². The molecule has 0 aliphatic carbocycles. The molecule has 0 bridgehead atoms. The van der Waals surface area contributed by atoms with Gasteiger partial charge in [0.15, 0.2) is 5.76 Å². The van der Waals surface area contributed by atoms with Crippen LogP contribution in [-0.4, -0.2) is 12.4 Å². The molecular weight excluding hydrogens is 320 g/mol. The zero-order valence-corrected chi connectivity index (χ0v) is 15.8. The van der Waals surface area contributed by atoms with E-state index in [2.05, 4.69) is 30.3 Å². The number of benzene rings is 2. The maximum absolute atomic E-state index is 13.0. The van der Waals surface area contributed by atoms with Crippen molar-refractivity contribution in [1.82, 2.24) is 0 Å². The van der Waals surface area contributed by atoms with Crippen LogP contribution in [0, 0.1) is 5.41 Å². The number of ketones is 1. The molecule has 3 rings (SSSR count). The van der Waals surface area contributed by atoms with Crippen molar-refractivity contribution in [2.45, 2.75) is 33.6 Å². The monoisotopic (exact) mass is 346 g/mol. The first-order valence-corrected chi connectivity index (χ1v) is 9.20. The molecule has 1 heterocycles. The summed E-state index contributed by atoms with van der Waals surface area (Å²) >= 11 is 0. The summed E-state index contributed by atoms with van der Waals surface area (Å²) in [5, 5.41) is 0. The summed E-state index contributed by atoms with van der Waals surface area (Å²) in [6, 6.07) is 20.5. The highest BCUT2D eigenvalue weighted by molar-refractivity contribution is 6.03.